The number of carbonyl (C=O) groups excluding carboxylic acids is 1. The molecule has 11 heteroatoms. The van der Waals surface area contributed by atoms with Crippen molar-refractivity contribution >= 4 is 45.8 Å². The van der Waals surface area contributed by atoms with Gasteiger partial charge in [0.05, 0.1) is 25.2 Å². The maximum absolute atomic E-state index is 12.5. The Kier molecular flexibility index (Phi) is 6.39. The number of anilines is 3. The lowest BCUT2D eigenvalue weighted by Gasteiger charge is -2.10. The summed E-state index contributed by atoms with van der Waals surface area (Å²) in [6.45, 7) is 1.74. The third-order valence-corrected chi connectivity index (χ3v) is 5.53. The Morgan fingerprint density at radius 3 is 2.45 bits per heavy atom. The highest BCUT2D eigenvalue weighted by molar-refractivity contribution is 8.00. The number of rotatable bonds is 7. The molecule has 5 N–H and O–H groups in total. The summed E-state index contributed by atoms with van der Waals surface area (Å²) >= 11 is 2.49. The Balaban J connectivity index is 1.68. The zero-order valence-corrected chi connectivity index (χ0v) is 17.6. The highest BCUT2D eigenvalue weighted by Crippen LogP contribution is 2.33. The normalized spacial score (nSPS) is 11.7. The van der Waals surface area contributed by atoms with Crippen molar-refractivity contribution in [3.05, 3.63) is 29.6 Å². The molecule has 0 aliphatic rings. The van der Waals surface area contributed by atoms with Gasteiger partial charge in [-0.2, -0.15) is 0 Å². The largest absolute Gasteiger partial charge is 0.493 e. The smallest absolute Gasteiger partial charge is 0.239 e. The van der Waals surface area contributed by atoms with Crippen LogP contribution in [0.1, 0.15) is 6.92 Å². The molecule has 0 saturated heterocycles. The zero-order chi connectivity index (χ0) is 21.0. The number of thiazole rings is 1. The number of thioether (sulfide) groups is 1. The molecular formula is C18H20N6O3S2. The molecule has 1 aromatic carbocycles. The predicted molar refractivity (Wildman–Crippen MR) is 115 cm³/mol. The van der Waals surface area contributed by atoms with Gasteiger partial charge in [-0.25, -0.2) is 15.0 Å². The first-order valence-corrected chi connectivity index (χ1v) is 10.2. The van der Waals surface area contributed by atoms with Gasteiger partial charge in [0.25, 0.3) is 0 Å². The van der Waals surface area contributed by atoms with Gasteiger partial charge in [0.15, 0.2) is 21.8 Å². The number of nitrogens with zero attached hydrogens (tertiary/aromatic N) is 3. The molecule has 0 saturated carbocycles. The summed E-state index contributed by atoms with van der Waals surface area (Å²) in [5.74, 6) is 1.53. The SMILES string of the molecule is COc1ccc(-c2csc(NC(=O)C(C)Sc3nc(N)cc(N)n3)n2)cc1OC. The van der Waals surface area contributed by atoms with E-state index in [9.17, 15) is 4.79 Å². The van der Waals surface area contributed by atoms with Gasteiger partial charge in [0, 0.05) is 17.0 Å². The maximum atomic E-state index is 12.5. The second-order valence-electron chi connectivity index (χ2n) is 5.86. The third kappa shape index (κ3) is 5.06. The lowest BCUT2D eigenvalue weighted by atomic mass is 10.1. The van der Waals surface area contributed by atoms with E-state index in [4.69, 9.17) is 20.9 Å². The van der Waals surface area contributed by atoms with Crippen LogP contribution in [0, 0.1) is 0 Å². The molecule has 0 fully saturated rings. The highest BCUT2D eigenvalue weighted by atomic mass is 32.2. The average molecular weight is 433 g/mol. The molecule has 1 atom stereocenters. The van der Waals surface area contributed by atoms with Gasteiger partial charge in [-0.05, 0) is 25.1 Å². The fourth-order valence-corrected chi connectivity index (χ4v) is 3.91. The van der Waals surface area contributed by atoms with E-state index in [0.717, 1.165) is 23.0 Å². The number of amides is 1. The first-order valence-electron chi connectivity index (χ1n) is 8.45. The molecule has 152 valence electrons. The molecule has 3 rings (SSSR count). The summed E-state index contributed by atoms with van der Waals surface area (Å²) < 4.78 is 10.6. The lowest BCUT2D eigenvalue weighted by Crippen LogP contribution is -2.22. The summed E-state index contributed by atoms with van der Waals surface area (Å²) in [5, 5.41) is 5.02. The molecule has 0 radical (unpaired) electrons. The van der Waals surface area contributed by atoms with Crippen LogP contribution in [0.4, 0.5) is 16.8 Å². The minimum absolute atomic E-state index is 0.229. The van der Waals surface area contributed by atoms with Crippen LogP contribution in [0.2, 0.25) is 0 Å². The van der Waals surface area contributed by atoms with Gasteiger partial charge >= 0.3 is 0 Å². The van der Waals surface area contributed by atoms with Crippen molar-refractivity contribution in [1.29, 1.82) is 0 Å². The van der Waals surface area contributed by atoms with Crippen molar-refractivity contribution < 1.29 is 14.3 Å². The van der Waals surface area contributed by atoms with Crippen LogP contribution in [-0.4, -0.2) is 40.3 Å². The van der Waals surface area contributed by atoms with E-state index in [1.54, 1.807) is 21.1 Å². The number of nitrogens with one attached hydrogen (secondary N) is 1. The van der Waals surface area contributed by atoms with E-state index in [2.05, 4.69) is 20.3 Å². The third-order valence-electron chi connectivity index (χ3n) is 3.81. The van der Waals surface area contributed by atoms with E-state index in [1.165, 1.54) is 17.4 Å². The minimum atomic E-state index is -0.468. The molecule has 2 aromatic heterocycles. The van der Waals surface area contributed by atoms with Gasteiger partial charge in [-0.15, -0.1) is 11.3 Å². The van der Waals surface area contributed by atoms with Gasteiger partial charge in [-0.1, -0.05) is 11.8 Å². The molecule has 1 amide bonds. The number of hydrogen-bond donors (Lipinski definition) is 3. The Bertz CT molecular complexity index is 1010. The second-order valence-corrected chi connectivity index (χ2v) is 8.02. The van der Waals surface area contributed by atoms with Crippen molar-refractivity contribution in [3.8, 4) is 22.8 Å². The van der Waals surface area contributed by atoms with Crippen LogP contribution in [-0.2, 0) is 4.79 Å². The number of methoxy groups -OCH3 is 2. The Morgan fingerprint density at radius 2 is 1.79 bits per heavy atom. The Hall–Kier alpha value is -3.05. The molecule has 0 spiro atoms. The number of aromatic nitrogens is 3. The monoisotopic (exact) mass is 432 g/mol. The molecule has 0 aliphatic carbocycles. The van der Waals surface area contributed by atoms with E-state index in [1.807, 2.05) is 23.6 Å². The van der Waals surface area contributed by atoms with Crippen LogP contribution >= 0.6 is 23.1 Å². The molecule has 3 aromatic rings. The highest BCUT2D eigenvalue weighted by Gasteiger charge is 2.18. The lowest BCUT2D eigenvalue weighted by molar-refractivity contribution is -0.115. The summed E-state index contributed by atoms with van der Waals surface area (Å²) in [7, 11) is 3.15. The van der Waals surface area contributed by atoms with Crippen LogP contribution in [0.3, 0.4) is 0 Å². The molecule has 2 heterocycles. The molecule has 9 nitrogen and oxygen atoms in total. The average Bonchev–Trinajstić information content (AvgIpc) is 3.15. The van der Waals surface area contributed by atoms with Crippen LogP contribution in [0.25, 0.3) is 11.3 Å². The minimum Gasteiger partial charge on any atom is -0.493 e. The van der Waals surface area contributed by atoms with Crippen LogP contribution in [0.15, 0.2) is 34.8 Å². The van der Waals surface area contributed by atoms with E-state index >= 15 is 0 Å². The van der Waals surface area contributed by atoms with Gasteiger partial charge in [0.2, 0.25) is 5.91 Å². The molecule has 29 heavy (non-hydrogen) atoms. The molecule has 0 aliphatic heterocycles. The first kappa shape index (κ1) is 20.7. The second kappa shape index (κ2) is 8.97. The summed E-state index contributed by atoms with van der Waals surface area (Å²) in [5.41, 5.74) is 12.9. The zero-order valence-electron chi connectivity index (χ0n) is 16.0. The van der Waals surface area contributed by atoms with Crippen molar-refractivity contribution in [1.82, 2.24) is 15.0 Å². The van der Waals surface area contributed by atoms with Crippen LogP contribution in [0.5, 0.6) is 11.5 Å². The topological polar surface area (TPSA) is 138 Å². The number of ether oxygens (including phenoxy) is 2. The van der Waals surface area contributed by atoms with Crippen molar-refractivity contribution in [2.45, 2.75) is 17.3 Å². The fraction of sp³-hybridized carbons (Fsp3) is 0.222. The predicted octanol–water partition coefficient (Wildman–Crippen LogP) is 2.90. The molecule has 0 bridgehead atoms. The van der Waals surface area contributed by atoms with E-state index < -0.39 is 5.25 Å². The van der Waals surface area contributed by atoms with E-state index in [-0.39, 0.29) is 17.5 Å². The fourth-order valence-electron chi connectivity index (χ4n) is 2.39. The van der Waals surface area contributed by atoms with Gasteiger partial charge < -0.3 is 26.3 Å². The van der Waals surface area contributed by atoms with Crippen molar-refractivity contribution in [2.24, 2.45) is 0 Å². The number of benzene rings is 1. The summed E-state index contributed by atoms with van der Waals surface area (Å²) in [6.07, 6.45) is 0. The number of nitrogen functional groups attached to an aromatic ring is 2. The van der Waals surface area contributed by atoms with Crippen molar-refractivity contribution in [3.63, 3.8) is 0 Å². The molecular weight excluding hydrogens is 412 g/mol. The standard InChI is InChI=1S/C18H20N6O3S2/c1-9(29-18-22-14(19)7-15(20)23-18)16(25)24-17-21-11(8-28-17)10-4-5-12(26-2)13(6-10)27-3/h4-9H,1-3H3,(H,21,24,25)(H4,19,20,22,23). The van der Waals surface area contributed by atoms with Gasteiger partial charge in [-0.3, -0.25) is 4.79 Å². The summed E-state index contributed by atoms with van der Waals surface area (Å²) in [4.78, 5) is 25.1. The quantitative estimate of drug-likeness (QED) is 0.380. The van der Waals surface area contributed by atoms with Crippen LogP contribution < -0.4 is 26.3 Å². The van der Waals surface area contributed by atoms with Crippen molar-refractivity contribution in [2.75, 3.05) is 31.0 Å². The first-order chi connectivity index (χ1) is 13.9. The Labute approximate surface area is 175 Å². The summed E-state index contributed by atoms with van der Waals surface area (Å²) in [6, 6.07) is 6.98. The number of nitrogens with two attached hydrogens (primary N) is 2. The molecule has 1 unspecified atom stereocenters. The number of carbonyl (C=O) groups is 1. The Morgan fingerprint density at radius 1 is 1.10 bits per heavy atom. The van der Waals surface area contributed by atoms with Gasteiger partial charge in [0.1, 0.15) is 11.6 Å². The maximum Gasteiger partial charge on any atom is 0.239 e. The number of hydrogen-bond acceptors (Lipinski definition) is 10. The van der Waals surface area contributed by atoms with E-state index in [0.29, 0.717) is 21.8 Å².